The predicted molar refractivity (Wildman–Crippen MR) is 109 cm³/mol. The van der Waals surface area contributed by atoms with Crippen molar-refractivity contribution >= 4 is 22.5 Å². The summed E-state index contributed by atoms with van der Waals surface area (Å²) in [4.78, 5) is 7.45. The van der Waals surface area contributed by atoms with Crippen LogP contribution in [-0.4, -0.2) is 35.7 Å². The molecule has 1 spiro atoms. The van der Waals surface area contributed by atoms with Crippen molar-refractivity contribution in [2.75, 3.05) is 31.2 Å². The van der Waals surface area contributed by atoms with Crippen molar-refractivity contribution in [2.45, 2.75) is 38.5 Å². The molecule has 142 valence electrons. The molecule has 2 aliphatic heterocycles. The minimum atomic E-state index is 0.391. The molecule has 4 heterocycles. The van der Waals surface area contributed by atoms with Crippen LogP contribution in [0.25, 0.3) is 16.7 Å². The van der Waals surface area contributed by atoms with E-state index in [0.717, 1.165) is 67.8 Å². The van der Waals surface area contributed by atoms with Gasteiger partial charge in [0.05, 0.1) is 23.2 Å². The molecule has 1 aliphatic carbocycles. The van der Waals surface area contributed by atoms with Gasteiger partial charge in [-0.2, -0.15) is 5.26 Å². The lowest BCUT2D eigenvalue weighted by molar-refractivity contribution is 0.133. The molecule has 0 N–H and O–H groups in total. The fourth-order valence-electron chi connectivity index (χ4n) is 5.63. The van der Waals surface area contributed by atoms with Gasteiger partial charge in [0.15, 0.2) is 5.65 Å². The summed E-state index contributed by atoms with van der Waals surface area (Å²) in [5.41, 5.74) is 6.72. The zero-order valence-corrected chi connectivity index (χ0v) is 16.1. The molecule has 6 rings (SSSR count). The molecular formula is C23H24N4O. The SMILES string of the molecule is N#Cc1c2c(c(N3CCC4(CCOC4)CC3)n3c1nc1ccccc13)CCC2. The zero-order chi connectivity index (χ0) is 18.7. The topological polar surface area (TPSA) is 53.6 Å². The van der Waals surface area contributed by atoms with Gasteiger partial charge < -0.3 is 9.64 Å². The van der Waals surface area contributed by atoms with E-state index in [9.17, 15) is 5.26 Å². The minimum absolute atomic E-state index is 0.391. The van der Waals surface area contributed by atoms with Crippen molar-refractivity contribution in [3.05, 3.63) is 41.0 Å². The number of piperidine rings is 1. The number of fused-ring (bicyclic) bond motifs is 4. The van der Waals surface area contributed by atoms with Gasteiger partial charge in [-0.1, -0.05) is 12.1 Å². The van der Waals surface area contributed by atoms with Crippen LogP contribution in [0, 0.1) is 16.7 Å². The average Bonchev–Trinajstić information content (AvgIpc) is 3.46. The fraction of sp³-hybridized carbons (Fsp3) is 0.478. The number of ether oxygens (including phenoxy) is 1. The first-order valence-corrected chi connectivity index (χ1v) is 10.5. The average molecular weight is 372 g/mol. The van der Waals surface area contributed by atoms with Gasteiger partial charge in [0, 0.05) is 19.7 Å². The van der Waals surface area contributed by atoms with Crippen LogP contribution in [0.15, 0.2) is 24.3 Å². The number of para-hydroxylation sites is 2. The van der Waals surface area contributed by atoms with E-state index in [-0.39, 0.29) is 0 Å². The summed E-state index contributed by atoms with van der Waals surface area (Å²) in [6.07, 6.45) is 6.78. The van der Waals surface area contributed by atoms with Crippen LogP contribution in [0.1, 0.15) is 42.4 Å². The summed E-state index contributed by atoms with van der Waals surface area (Å²) in [7, 11) is 0. The Hall–Kier alpha value is -2.58. The molecule has 2 fully saturated rings. The highest BCUT2D eigenvalue weighted by Crippen LogP contribution is 2.43. The minimum Gasteiger partial charge on any atom is -0.381 e. The summed E-state index contributed by atoms with van der Waals surface area (Å²) >= 11 is 0. The van der Waals surface area contributed by atoms with E-state index < -0.39 is 0 Å². The Labute approximate surface area is 164 Å². The smallest absolute Gasteiger partial charge is 0.157 e. The molecule has 0 bridgehead atoms. The third kappa shape index (κ3) is 2.18. The number of nitriles is 1. The van der Waals surface area contributed by atoms with E-state index in [2.05, 4.69) is 33.6 Å². The molecule has 3 aromatic rings. The lowest BCUT2D eigenvalue weighted by Crippen LogP contribution is -2.41. The van der Waals surface area contributed by atoms with Crippen LogP contribution in [0.4, 0.5) is 5.82 Å². The number of imidazole rings is 1. The van der Waals surface area contributed by atoms with Crippen LogP contribution in [0.2, 0.25) is 0 Å². The molecule has 0 radical (unpaired) electrons. The second kappa shape index (κ2) is 5.96. The van der Waals surface area contributed by atoms with Gasteiger partial charge in [0.2, 0.25) is 0 Å². The molecule has 3 aliphatic rings. The molecule has 0 saturated carbocycles. The summed E-state index contributed by atoms with van der Waals surface area (Å²) < 4.78 is 8.01. The highest BCUT2D eigenvalue weighted by atomic mass is 16.5. The first-order valence-electron chi connectivity index (χ1n) is 10.5. The Morgan fingerprint density at radius 2 is 1.89 bits per heavy atom. The second-order valence-corrected chi connectivity index (χ2v) is 8.67. The first kappa shape index (κ1) is 16.4. The highest BCUT2D eigenvalue weighted by molar-refractivity contribution is 5.86. The Bertz CT molecular complexity index is 1120. The maximum absolute atomic E-state index is 9.93. The lowest BCUT2D eigenvalue weighted by atomic mass is 9.78. The normalized spacial score (nSPS) is 20.9. The van der Waals surface area contributed by atoms with Crippen LogP contribution in [-0.2, 0) is 17.6 Å². The number of hydrogen-bond donors (Lipinski definition) is 0. The molecule has 0 atom stereocenters. The molecule has 0 unspecified atom stereocenters. The maximum atomic E-state index is 9.93. The number of pyridine rings is 1. The van der Waals surface area contributed by atoms with Crippen molar-refractivity contribution in [1.29, 1.82) is 5.26 Å². The van der Waals surface area contributed by atoms with Crippen molar-refractivity contribution < 1.29 is 4.74 Å². The number of nitrogens with zero attached hydrogens (tertiary/aromatic N) is 4. The van der Waals surface area contributed by atoms with E-state index in [0.29, 0.717) is 5.41 Å². The predicted octanol–water partition coefficient (Wildman–Crippen LogP) is 3.85. The molecule has 2 saturated heterocycles. The first-order chi connectivity index (χ1) is 13.8. The summed E-state index contributed by atoms with van der Waals surface area (Å²) in [5, 5.41) is 9.93. The van der Waals surface area contributed by atoms with Crippen molar-refractivity contribution in [1.82, 2.24) is 9.38 Å². The van der Waals surface area contributed by atoms with E-state index in [1.807, 2.05) is 6.07 Å². The number of anilines is 1. The molecule has 2 aromatic heterocycles. The number of aromatic nitrogens is 2. The third-order valence-corrected chi connectivity index (χ3v) is 7.21. The van der Waals surface area contributed by atoms with E-state index in [4.69, 9.17) is 9.72 Å². The Morgan fingerprint density at radius 1 is 1.07 bits per heavy atom. The van der Waals surface area contributed by atoms with Gasteiger partial charge in [-0.3, -0.25) is 4.40 Å². The van der Waals surface area contributed by atoms with Crippen LogP contribution in [0.5, 0.6) is 0 Å². The van der Waals surface area contributed by atoms with Gasteiger partial charge in [-0.25, -0.2) is 4.98 Å². The molecule has 5 heteroatoms. The summed E-state index contributed by atoms with van der Waals surface area (Å²) in [6, 6.07) is 10.8. The molecular weight excluding hydrogens is 348 g/mol. The monoisotopic (exact) mass is 372 g/mol. The Kier molecular flexibility index (Phi) is 3.48. The molecule has 5 nitrogen and oxygen atoms in total. The third-order valence-electron chi connectivity index (χ3n) is 7.21. The maximum Gasteiger partial charge on any atom is 0.157 e. The Balaban J connectivity index is 1.57. The van der Waals surface area contributed by atoms with Crippen molar-refractivity contribution in [3.63, 3.8) is 0 Å². The largest absolute Gasteiger partial charge is 0.381 e. The van der Waals surface area contributed by atoms with Gasteiger partial charge in [0.25, 0.3) is 0 Å². The standard InChI is InChI=1S/C23H24N4O/c24-14-18-16-4-3-5-17(16)22(26-11-8-23(9-12-26)10-13-28-15-23)27-20-7-2-1-6-19(20)25-21(18)27/h1-2,6-7H,3-5,8-13,15H2. The fourth-order valence-corrected chi connectivity index (χ4v) is 5.63. The van der Waals surface area contributed by atoms with Gasteiger partial charge in [-0.15, -0.1) is 0 Å². The quantitative estimate of drug-likeness (QED) is 0.651. The summed E-state index contributed by atoms with van der Waals surface area (Å²) in [6.45, 7) is 3.96. The van der Waals surface area contributed by atoms with Gasteiger partial charge in [-0.05, 0) is 67.2 Å². The zero-order valence-electron chi connectivity index (χ0n) is 16.1. The van der Waals surface area contributed by atoms with E-state index in [1.165, 1.54) is 36.2 Å². The van der Waals surface area contributed by atoms with Crippen LogP contribution < -0.4 is 4.90 Å². The highest BCUT2D eigenvalue weighted by Gasteiger charge is 2.39. The lowest BCUT2D eigenvalue weighted by Gasteiger charge is -2.40. The van der Waals surface area contributed by atoms with E-state index >= 15 is 0 Å². The van der Waals surface area contributed by atoms with Gasteiger partial charge >= 0.3 is 0 Å². The molecule has 0 amide bonds. The van der Waals surface area contributed by atoms with Crippen molar-refractivity contribution in [3.8, 4) is 6.07 Å². The van der Waals surface area contributed by atoms with Crippen LogP contribution in [0.3, 0.4) is 0 Å². The summed E-state index contributed by atoms with van der Waals surface area (Å²) in [5.74, 6) is 1.30. The van der Waals surface area contributed by atoms with E-state index in [1.54, 1.807) is 0 Å². The molecule has 28 heavy (non-hydrogen) atoms. The van der Waals surface area contributed by atoms with Crippen molar-refractivity contribution in [2.24, 2.45) is 5.41 Å². The number of hydrogen-bond acceptors (Lipinski definition) is 4. The Morgan fingerprint density at radius 3 is 2.68 bits per heavy atom. The van der Waals surface area contributed by atoms with Gasteiger partial charge in [0.1, 0.15) is 11.9 Å². The molecule has 1 aromatic carbocycles. The second-order valence-electron chi connectivity index (χ2n) is 8.67. The van der Waals surface area contributed by atoms with Crippen LogP contribution >= 0.6 is 0 Å². The number of rotatable bonds is 1. The number of benzene rings is 1.